The maximum atomic E-state index is 12.2. The predicted molar refractivity (Wildman–Crippen MR) is 94.5 cm³/mol. The molecular formula is C20H20N2O3. The van der Waals surface area contributed by atoms with Gasteiger partial charge in [0.2, 0.25) is 5.88 Å². The van der Waals surface area contributed by atoms with Gasteiger partial charge in [0, 0.05) is 6.20 Å². The van der Waals surface area contributed by atoms with Crippen LogP contribution in [-0.4, -0.2) is 22.4 Å². The number of ether oxygens (including phenoxy) is 2. The van der Waals surface area contributed by atoms with Crippen molar-refractivity contribution < 1.29 is 14.3 Å². The monoisotopic (exact) mass is 336 g/mol. The molecule has 2 aromatic carbocycles. The van der Waals surface area contributed by atoms with E-state index < -0.39 is 5.97 Å². The van der Waals surface area contributed by atoms with Crippen LogP contribution >= 0.6 is 0 Å². The van der Waals surface area contributed by atoms with Gasteiger partial charge >= 0.3 is 5.97 Å². The lowest BCUT2D eigenvalue weighted by Gasteiger charge is -2.05. The molecule has 0 amide bonds. The molecule has 1 aromatic heterocycles. The molecule has 0 spiro atoms. The first-order chi connectivity index (χ1) is 12.3. The second kappa shape index (κ2) is 8.15. The van der Waals surface area contributed by atoms with E-state index in [4.69, 9.17) is 9.47 Å². The molecule has 5 nitrogen and oxygen atoms in total. The van der Waals surface area contributed by atoms with E-state index in [0.717, 1.165) is 11.1 Å². The predicted octanol–water partition coefficient (Wildman–Crippen LogP) is 3.69. The fourth-order valence-electron chi connectivity index (χ4n) is 2.44. The van der Waals surface area contributed by atoms with Gasteiger partial charge in [-0.15, -0.1) is 5.10 Å². The van der Waals surface area contributed by atoms with Crippen LogP contribution in [0.25, 0.3) is 0 Å². The van der Waals surface area contributed by atoms with E-state index in [0.29, 0.717) is 31.2 Å². The first-order valence-electron chi connectivity index (χ1n) is 8.21. The van der Waals surface area contributed by atoms with E-state index in [1.807, 2.05) is 60.7 Å². The van der Waals surface area contributed by atoms with Gasteiger partial charge in [0.1, 0.15) is 12.2 Å². The number of hydrogen-bond acceptors (Lipinski definition) is 4. The van der Waals surface area contributed by atoms with E-state index in [1.54, 1.807) is 17.8 Å². The zero-order valence-corrected chi connectivity index (χ0v) is 14.1. The summed E-state index contributed by atoms with van der Waals surface area (Å²) in [6.07, 6.45) is 1.67. The van der Waals surface area contributed by atoms with Gasteiger partial charge in [-0.2, -0.15) is 0 Å². The normalized spacial score (nSPS) is 10.4. The summed E-state index contributed by atoms with van der Waals surface area (Å²) in [7, 11) is 0. The molecule has 128 valence electrons. The van der Waals surface area contributed by atoms with Crippen LogP contribution in [0.4, 0.5) is 0 Å². The van der Waals surface area contributed by atoms with Crippen molar-refractivity contribution in [2.24, 2.45) is 0 Å². The Morgan fingerprint density at radius 1 is 1.00 bits per heavy atom. The number of esters is 1. The van der Waals surface area contributed by atoms with Crippen LogP contribution in [0.2, 0.25) is 0 Å². The Morgan fingerprint density at radius 3 is 2.28 bits per heavy atom. The topological polar surface area (TPSA) is 53.4 Å². The summed E-state index contributed by atoms with van der Waals surface area (Å²) in [4.78, 5) is 12.2. The standard InChI is InChI=1S/C20H20N2O3/c1-2-24-20(23)18-14-22(13-16-9-5-3-6-10-16)21-19(18)25-15-17-11-7-4-8-12-17/h3-12,14H,2,13,15H2,1H3. The van der Waals surface area contributed by atoms with Gasteiger partial charge in [0.05, 0.1) is 13.2 Å². The van der Waals surface area contributed by atoms with Gasteiger partial charge in [-0.25, -0.2) is 4.79 Å². The Bertz CT molecular complexity index is 813. The van der Waals surface area contributed by atoms with Gasteiger partial charge in [-0.1, -0.05) is 60.7 Å². The molecule has 0 saturated carbocycles. The van der Waals surface area contributed by atoms with E-state index in [9.17, 15) is 4.79 Å². The van der Waals surface area contributed by atoms with E-state index in [1.165, 1.54) is 0 Å². The number of carbonyl (C=O) groups is 1. The number of rotatable bonds is 7. The number of aromatic nitrogens is 2. The largest absolute Gasteiger partial charge is 0.471 e. The van der Waals surface area contributed by atoms with Gasteiger partial charge < -0.3 is 9.47 Å². The first-order valence-corrected chi connectivity index (χ1v) is 8.21. The Hall–Kier alpha value is -3.08. The lowest BCUT2D eigenvalue weighted by Crippen LogP contribution is -2.06. The highest BCUT2D eigenvalue weighted by atomic mass is 16.5. The summed E-state index contributed by atoms with van der Waals surface area (Å²) >= 11 is 0. The first kappa shape index (κ1) is 16.8. The van der Waals surface area contributed by atoms with Crippen molar-refractivity contribution >= 4 is 5.97 Å². The fourth-order valence-corrected chi connectivity index (χ4v) is 2.44. The average molecular weight is 336 g/mol. The molecule has 0 saturated heterocycles. The zero-order valence-electron chi connectivity index (χ0n) is 14.1. The minimum Gasteiger partial charge on any atom is -0.471 e. The molecule has 0 bridgehead atoms. The van der Waals surface area contributed by atoms with Crippen LogP contribution in [0.3, 0.4) is 0 Å². The molecule has 25 heavy (non-hydrogen) atoms. The molecule has 0 atom stereocenters. The summed E-state index contributed by atoms with van der Waals surface area (Å²) in [6, 6.07) is 19.7. The van der Waals surface area contributed by atoms with Gasteiger partial charge in [0.25, 0.3) is 0 Å². The molecule has 0 unspecified atom stereocenters. The van der Waals surface area contributed by atoms with Crippen LogP contribution in [0.5, 0.6) is 5.88 Å². The van der Waals surface area contributed by atoms with Gasteiger partial charge in [-0.05, 0) is 18.1 Å². The third kappa shape index (κ3) is 4.47. The number of benzene rings is 2. The molecule has 0 N–H and O–H groups in total. The fraction of sp³-hybridized carbons (Fsp3) is 0.200. The van der Waals surface area contributed by atoms with E-state index in [-0.39, 0.29) is 0 Å². The summed E-state index contributed by atoms with van der Waals surface area (Å²) < 4.78 is 12.6. The molecular weight excluding hydrogens is 316 g/mol. The molecule has 3 rings (SSSR count). The third-order valence-corrected chi connectivity index (χ3v) is 3.63. The molecule has 0 radical (unpaired) electrons. The minimum atomic E-state index is -0.426. The lowest BCUT2D eigenvalue weighted by atomic mass is 10.2. The zero-order chi connectivity index (χ0) is 17.5. The van der Waals surface area contributed by atoms with Crippen molar-refractivity contribution in [1.82, 2.24) is 9.78 Å². The summed E-state index contributed by atoms with van der Waals surface area (Å²) in [5.41, 5.74) is 2.44. The maximum absolute atomic E-state index is 12.2. The molecule has 0 aliphatic heterocycles. The van der Waals surface area contributed by atoms with Crippen molar-refractivity contribution in [3.8, 4) is 5.88 Å². The molecule has 0 fully saturated rings. The van der Waals surface area contributed by atoms with E-state index in [2.05, 4.69) is 5.10 Å². The second-order valence-electron chi connectivity index (χ2n) is 5.53. The van der Waals surface area contributed by atoms with Crippen LogP contribution in [-0.2, 0) is 17.9 Å². The Labute approximate surface area is 146 Å². The lowest BCUT2D eigenvalue weighted by molar-refractivity contribution is 0.0521. The Morgan fingerprint density at radius 2 is 1.64 bits per heavy atom. The second-order valence-corrected chi connectivity index (χ2v) is 5.53. The Balaban J connectivity index is 1.80. The smallest absolute Gasteiger partial charge is 0.345 e. The van der Waals surface area contributed by atoms with Crippen LogP contribution < -0.4 is 4.74 Å². The van der Waals surface area contributed by atoms with Crippen molar-refractivity contribution in [3.05, 3.63) is 83.6 Å². The quantitative estimate of drug-likeness (QED) is 0.618. The third-order valence-electron chi connectivity index (χ3n) is 3.63. The molecule has 0 aliphatic carbocycles. The highest BCUT2D eigenvalue weighted by Gasteiger charge is 2.19. The average Bonchev–Trinajstić information content (AvgIpc) is 3.05. The summed E-state index contributed by atoms with van der Waals surface area (Å²) in [6.45, 7) is 2.98. The molecule has 3 aromatic rings. The number of carbonyl (C=O) groups excluding carboxylic acids is 1. The van der Waals surface area contributed by atoms with Crippen LogP contribution in [0.1, 0.15) is 28.4 Å². The Kier molecular flexibility index (Phi) is 5.46. The van der Waals surface area contributed by atoms with Crippen LogP contribution in [0, 0.1) is 0 Å². The number of hydrogen-bond donors (Lipinski definition) is 0. The van der Waals surface area contributed by atoms with Crippen molar-refractivity contribution in [1.29, 1.82) is 0 Å². The molecule has 5 heteroatoms. The van der Waals surface area contributed by atoms with Gasteiger partial charge in [-0.3, -0.25) is 4.68 Å². The van der Waals surface area contributed by atoms with Crippen molar-refractivity contribution in [3.63, 3.8) is 0 Å². The van der Waals surface area contributed by atoms with Gasteiger partial charge in [0.15, 0.2) is 0 Å². The highest BCUT2D eigenvalue weighted by Crippen LogP contribution is 2.19. The summed E-state index contributed by atoms with van der Waals surface area (Å²) in [5, 5.41) is 4.42. The van der Waals surface area contributed by atoms with E-state index >= 15 is 0 Å². The minimum absolute atomic E-state index is 0.290. The maximum Gasteiger partial charge on any atom is 0.345 e. The molecule has 1 heterocycles. The van der Waals surface area contributed by atoms with Crippen molar-refractivity contribution in [2.75, 3.05) is 6.61 Å². The van der Waals surface area contributed by atoms with Crippen molar-refractivity contribution in [2.45, 2.75) is 20.1 Å². The van der Waals surface area contributed by atoms with Crippen LogP contribution in [0.15, 0.2) is 66.9 Å². The summed E-state index contributed by atoms with van der Waals surface area (Å²) in [5.74, 6) is -0.136. The number of nitrogens with zero attached hydrogens (tertiary/aromatic N) is 2. The SMILES string of the molecule is CCOC(=O)c1cn(Cc2ccccc2)nc1OCc1ccccc1. The highest BCUT2D eigenvalue weighted by molar-refractivity contribution is 5.91. The molecule has 0 aliphatic rings.